The van der Waals surface area contributed by atoms with Gasteiger partial charge < -0.3 is 16.4 Å². The summed E-state index contributed by atoms with van der Waals surface area (Å²) in [6, 6.07) is 8.10. The molecule has 0 spiro atoms. The average Bonchev–Trinajstić information content (AvgIpc) is 2.27. The van der Waals surface area contributed by atoms with Crippen LogP contribution in [0.4, 0.5) is 4.79 Å². The lowest BCUT2D eigenvalue weighted by atomic mass is 9.86. The molecule has 1 unspecified atom stereocenters. The molecule has 0 aliphatic carbocycles. The van der Waals surface area contributed by atoms with Crippen molar-refractivity contribution in [3.63, 3.8) is 0 Å². The van der Waals surface area contributed by atoms with Crippen LogP contribution in [0.5, 0.6) is 0 Å². The maximum atomic E-state index is 11.3. The van der Waals surface area contributed by atoms with Gasteiger partial charge in [-0.3, -0.25) is 0 Å². The van der Waals surface area contributed by atoms with Crippen LogP contribution in [0.1, 0.15) is 31.9 Å². The predicted molar refractivity (Wildman–Crippen MR) is 76.6 cm³/mol. The van der Waals surface area contributed by atoms with Gasteiger partial charge in [-0.15, -0.1) is 0 Å². The van der Waals surface area contributed by atoms with Crippen molar-refractivity contribution in [1.29, 1.82) is 0 Å². The minimum atomic E-state index is -0.814. The number of benzene rings is 1. The highest BCUT2D eigenvalue weighted by Crippen LogP contribution is 2.23. The van der Waals surface area contributed by atoms with Crippen LogP contribution < -0.4 is 16.4 Å². The highest BCUT2D eigenvalue weighted by atomic mass is 16.2. The zero-order valence-corrected chi connectivity index (χ0v) is 11.7. The molecule has 19 heavy (non-hydrogen) atoms. The van der Waals surface area contributed by atoms with Crippen molar-refractivity contribution < 1.29 is 4.79 Å². The van der Waals surface area contributed by atoms with E-state index in [1.807, 2.05) is 0 Å². The molecule has 1 atom stereocenters. The Morgan fingerprint density at radius 2 is 1.84 bits per heavy atom. The number of hydrogen-bond donors (Lipinski definition) is 3. The van der Waals surface area contributed by atoms with Gasteiger partial charge in [0.2, 0.25) is 0 Å². The average molecular weight is 259 g/mol. The molecular formula is C15H21N3O. The number of hydrogen-bond acceptors (Lipinski definition) is 2. The van der Waals surface area contributed by atoms with E-state index in [9.17, 15) is 4.79 Å². The largest absolute Gasteiger partial charge is 0.320 e. The fraction of sp³-hybridized carbons (Fsp3) is 0.400. The molecular weight excluding hydrogens is 238 g/mol. The van der Waals surface area contributed by atoms with Gasteiger partial charge in [-0.2, -0.15) is 0 Å². The van der Waals surface area contributed by atoms with Crippen molar-refractivity contribution in [1.82, 2.24) is 10.6 Å². The number of nitrogens with two attached hydrogens (primary N) is 1. The van der Waals surface area contributed by atoms with Crippen LogP contribution in [-0.4, -0.2) is 11.7 Å². The van der Waals surface area contributed by atoms with E-state index in [0.29, 0.717) is 6.42 Å². The summed E-state index contributed by atoms with van der Waals surface area (Å²) in [4.78, 5) is 11.3. The number of urea groups is 1. The van der Waals surface area contributed by atoms with Crippen LogP contribution in [0.25, 0.3) is 0 Å². The molecule has 0 aromatic heterocycles. The lowest BCUT2D eigenvalue weighted by Gasteiger charge is -2.30. The zero-order valence-electron chi connectivity index (χ0n) is 11.7. The van der Waals surface area contributed by atoms with Crippen molar-refractivity contribution in [3.05, 3.63) is 47.7 Å². The maximum absolute atomic E-state index is 11.3. The second-order valence-corrected chi connectivity index (χ2v) is 6.10. The SMILES string of the molecule is CC(C)(C)c1ccc(CC2(N)C=CNC(=O)N2)cc1. The minimum Gasteiger partial charge on any atom is -0.316 e. The van der Waals surface area contributed by atoms with Crippen molar-refractivity contribution in [2.75, 3.05) is 0 Å². The standard InChI is InChI=1S/C15H21N3O/c1-14(2,3)12-6-4-11(5-7-12)10-15(16)8-9-17-13(19)18-15/h4-9H,10,16H2,1-3H3,(H2,17,18,19). The van der Waals surface area contributed by atoms with Crippen LogP contribution in [0.15, 0.2) is 36.5 Å². The van der Waals surface area contributed by atoms with Gasteiger partial charge >= 0.3 is 6.03 Å². The van der Waals surface area contributed by atoms with E-state index in [-0.39, 0.29) is 11.4 Å². The minimum absolute atomic E-state index is 0.141. The van der Waals surface area contributed by atoms with E-state index in [1.54, 1.807) is 12.3 Å². The van der Waals surface area contributed by atoms with Crippen LogP contribution in [0.2, 0.25) is 0 Å². The lowest BCUT2D eigenvalue weighted by Crippen LogP contribution is -2.60. The van der Waals surface area contributed by atoms with Gasteiger partial charge in [0, 0.05) is 12.6 Å². The molecule has 0 fully saturated rings. The molecule has 1 aliphatic heterocycles. The molecule has 4 N–H and O–H groups in total. The Morgan fingerprint density at radius 3 is 2.37 bits per heavy atom. The van der Waals surface area contributed by atoms with Gasteiger partial charge in [0.15, 0.2) is 0 Å². The van der Waals surface area contributed by atoms with Crippen molar-refractivity contribution in [2.24, 2.45) is 5.73 Å². The number of nitrogens with one attached hydrogen (secondary N) is 2. The smallest absolute Gasteiger partial charge is 0.316 e. The van der Waals surface area contributed by atoms with E-state index < -0.39 is 5.66 Å². The van der Waals surface area contributed by atoms with E-state index in [0.717, 1.165) is 5.56 Å². The first-order chi connectivity index (χ1) is 8.78. The summed E-state index contributed by atoms with van der Waals surface area (Å²) in [5.74, 6) is 0. The third kappa shape index (κ3) is 3.35. The summed E-state index contributed by atoms with van der Waals surface area (Å²) >= 11 is 0. The van der Waals surface area contributed by atoms with Gasteiger partial charge in [0.1, 0.15) is 5.66 Å². The van der Waals surface area contributed by atoms with Gasteiger partial charge in [0.25, 0.3) is 0 Å². The molecule has 1 aromatic rings. The highest BCUT2D eigenvalue weighted by molar-refractivity contribution is 5.77. The summed E-state index contributed by atoms with van der Waals surface area (Å²) in [6.07, 6.45) is 3.93. The Hall–Kier alpha value is -1.81. The molecule has 4 heteroatoms. The second-order valence-electron chi connectivity index (χ2n) is 6.10. The Balaban J connectivity index is 2.14. The molecule has 0 saturated carbocycles. The van der Waals surface area contributed by atoms with Crippen LogP contribution >= 0.6 is 0 Å². The van der Waals surface area contributed by atoms with E-state index in [4.69, 9.17) is 5.73 Å². The fourth-order valence-electron chi connectivity index (χ4n) is 2.12. The molecule has 0 bridgehead atoms. The molecule has 0 radical (unpaired) electrons. The molecule has 2 rings (SSSR count). The van der Waals surface area contributed by atoms with E-state index >= 15 is 0 Å². The monoisotopic (exact) mass is 259 g/mol. The zero-order chi connectivity index (χ0) is 14.1. The molecule has 1 aromatic carbocycles. The summed E-state index contributed by atoms with van der Waals surface area (Å²) in [5.41, 5.74) is 7.86. The van der Waals surface area contributed by atoms with E-state index in [1.165, 1.54) is 5.56 Å². The molecule has 102 valence electrons. The van der Waals surface area contributed by atoms with Crippen LogP contribution in [-0.2, 0) is 11.8 Å². The predicted octanol–water partition coefficient (Wildman–Crippen LogP) is 2.01. The second kappa shape index (κ2) is 4.70. The maximum Gasteiger partial charge on any atom is 0.320 e. The Kier molecular flexibility index (Phi) is 3.37. The van der Waals surface area contributed by atoms with Crippen molar-refractivity contribution in [3.8, 4) is 0 Å². The summed E-state index contributed by atoms with van der Waals surface area (Å²) in [5, 5.41) is 5.27. The Labute approximate surface area is 114 Å². The third-order valence-corrected chi connectivity index (χ3v) is 3.26. The lowest BCUT2D eigenvalue weighted by molar-refractivity contribution is 0.232. The van der Waals surface area contributed by atoms with Crippen LogP contribution in [0.3, 0.4) is 0 Å². The molecule has 1 heterocycles. The molecule has 0 saturated heterocycles. The summed E-state index contributed by atoms with van der Waals surface area (Å²) in [6.45, 7) is 6.55. The van der Waals surface area contributed by atoms with Gasteiger partial charge in [-0.05, 0) is 22.6 Å². The van der Waals surface area contributed by atoms with Crippen molar-refractivity contribution in [2.45, 2.75) is 38.3 Å². The van der Waals surface area contributed by atoms with Crippen molar-refractivity contribution >= 4 is 6.03 Å². The fourth-order valence-corrected chi connectivity index (χ4v) is 2.12. The highest BCUT2D eigenvalue weighted by Gasteiger charge is 2.27. The van der Waals surface area contributed by atoms with Crippen LogP contribution in [0, 0.1) is 0 Å². The molecule has 1 aliphatic rings. The normalized spacial score (nSPS) is 22.8. The topological polar surface area (TPSA) is 67.1 Å². The first kappa shape index (κ1) is 13.6. The third-order valence-electron chi connectivity index (χ3n) is 3.26. The number of carbonyl (C=O) groups excluding carboxylic acids is 1. The molecule has 2 amide bonds. The first-order valence-corrected chi connectivity index (χ1v) is 6.43. The Bertz CT molecular complexity index is 499. The van der Waals surface area contributed by atoms with Gasteiger partial charge in [-0.25, -0.2) is 4.79 Å². The number of carbonyl (C=O) groups is 1. The number of rotatable bonds is 2. The molecule has 4 nitrogen and oxygen atoms in total. The quantitative estimate of drug-likeness (QED) is 0.760. The van der Waals surface area contributed by atoms with Gasteiger partial charge in [0.05, 0.1) is 0 Å². The first-order valence-electron chi connectivity index (χ1n) is 6.43. The Morgan fingerprint density at radius 1 is 1.21 bits per heavy atom. The summed E-state index contributed by atoms with van der Waals surface area (Å²) in [7, 11) is 0. The van der Waals surface area contributed by atoms with E-state index in [2.05, 4.69) is 55.7 Å². The van der Waals surface area contributed by atoms with Gasteiger partial charge in [-0.1, -0.05) is 45.0 Å². The number of amides is 2. The summed E-state index contributed by atoms with van der Waals surface area (Å²) < 4.78 is 0.